The van der Waals surface area contributed by atoms with Crippen molar-refractivity contribution < 1.29 is 13.5 Å². The second-order valence-corrected chi connectivity index (χ2v) is 5.21. The van der Waals surface area contributed by atoms with E-state index in [1.807, 2.05) is 36.4 Å². The van der Waals surface area contributed by atoms with Crippen molar-refractivity contribution >= 4 is 0 Å². The highest BCUT2D eigenvalue weighted by atomic mass is 19.1. The van der Waals surface area contributed by atoms with Crippen molar-refractivity contribution in [3.05, 3.63) is 77.8 Å². The van der Waals surface area contributed by atoms with Gasteiger partial charge in [0.15, 0.2) is 6.61 Å². The van der Waals surface area contributed by atoms with E-state index < -0.39 is 0 Å². The van der Waals surface area contributed by atoms with Gasteiger partial charge in [0.25, 0.3) is 5.89 Å². The van der Waals surface area contributed by atoms with Crippen LogP contribution in [0.2, 0.25) is 0 Å². The molecule has 3 rings (SSSR count). The summed E-state index contributed by atoms with van der Waals surface area (Å²) < 4.78 is 24.5. The van der Waals surface area contributed by atoms with Gasteiger partial charge in [0.05, 0.1) is 6.54 Å². The van der Waals surface area contributed by atoms with Crippen LogP contribution in [0.25, 0.3) is 0 Å². The van der Waals surface area contributed by atoms with Crippen LogP contribution in [0, 0.1) is 5.82 Å². The number of rotatable bonds is 8. The first-order valence-corrected chi connectivity index (χ1v) is 7.74. The lowest BCUT2D eigenvalue weighted by atomic mass is 10.1. The van der Waals surface area contributed by atoms with Crippen LogP contribution in [0.3, 0.4) is 0 Å². The quantitative estimate of drug-likeness (QED) is 0.644. The van der Waals surface area contributed by atoms with Gasteiger partial charge in [-0.05, 0) is 36.7 Å². The van der Waals surface area contributed by atoms with E-state index in [2.05, 4.69) is 15.5 Å². The maximum atomic E-state index is 13.5. The number of aromatic nitrogens is 2. The van der Waals surface area contributed by atoms with Crippen molar-refractivity contribution in [2.45, 2.75) is 19.6 Å². The van der Waals surface area contributed by atoms with E-state index in [4.69, 9.17) is 9.15 Å². The minimum atomic E-state index is -0.183. The van der Waals surface area contributed by atoms with Crippen LogP contribution >= 0.6 is 0 Å². The molecule has 0 fully saturated rings. The zero-order chi connectivity index (χ0) is 16.6. The Morgan fingerprint density at radius 2 is 1.71 bits per heavy atom. The molecule has 0 radical (unpaired) electrons. The second-order valence-electron chi connectivity index (χ2n) is 5.21. The van der Waals surface area contributed by atoms with E-state index in [1.54, 1.807) is 12.1 Å². The Morgan fingerprint density at radius 1 is 0.958 bits per heavy atom. The average molecular weight is 327 g/mol. The highest BCUT2D eigenvalue weighted by molar-refractivity contribution is 5.21. The van der Waals surface area contributed by atoms with Gasteiger partial charge in [0.1, 0.15) is 11.6 Å². The SMILES string of the molecule is Fc1ccccc1CCNCc1nnc(COc2ccccc2)o1. The molecular formula is C18H18FN3O2. The fourth-order valence-electron chi connectivity index (χ4n) is 2.20. The molecule has 0 aliphatic carbocycles. The molecule has 0 aliphatic heterocycles. The van der Waals surface area contributed by atoms with Crippen molar-refractivity contribution in [3.8, 4) is 5.75 Å². The van der Waals surface area contributed by atoms with Gasteiger partial charge < -0.3 is 14.5 Å². The zero-order valence-corrected chi connectivity index (χ0v) is 13.1. The van der Waals surface area contributed by atoms with Gasteiger partial charge in [0.2, 0.25) is 5.89 Å². The molecule has 0 unspecified atom stereocenters. The maximum absolute atomic E-state index is 13.5. The molecule has 0 spiro atoms. The van der Waals surface area contributed by atoms with E-state index in [0.29, 0.717) is 36.9 Å². The Kier molecular flexibility index (Phi) is 5.52. The molecule has 0 saturated carbocycles. The molecule has 3 aromatic rings. The second kappa shape index (κ2) is 8.21. The van der Waals surface area contributed by atoms with Gasteiger partial charge in [-0.1, -0.05) is 36.4 Å². The number of hydrogen-bond donors (Lipinski definition) is 1. The van der Waals surface area contributed by atoms with Crippen molar-refractivity contribution in [1.29, 1.82) is 0 Å². The topological polar surface area (TPSA) is 60.2 Å². The van der Waals surface area contributed by atoms with Crippen LogP contribution in [0.15, 0.2) is 59.0 Å². The normalized spacial score (nSPS) is 10.7. The molecule has 1 N–H and O–H groups in total. The average Bonchev–Trinajstić information content (AvgIpc) is 3.07. The van der Waals surface area contributed by atoms with Gasteiger partial charge in [-0.3, -0.25) is 0 Å². The molecule has 6 heteroatoms. The molecular weight excluding hydrogens is 309 g/mol. The van der Waals surface area contributed by atoms with E-state index in [-0.39, 0.29) is 12.4 Å². The van der Waals surface area contributed by atoms with Gasteiger partial charge in [-0.2, -0.15) is 0 Å². The van der Waals surface area contributed by atoms with E-state index >= 15 is 0 Å². The molecule has 24 heavy (non-hydrogen) atoms. The van der Waals surface area contributed by atoms with Gasteiger partial charge in [0, 0.05) is 0 Å². The van der Waals surface area contributed by atoms with E-state index in [0.717, 1.165) is 5.75 Å². The van der Waals surface area contributed by atoms with Crippen molar-refractivity contribution in [1.82, 2.24) is 15.5 Å². The molecule has 5 nitrogen and oxygen atoms in total. The predicted octanol–water partition coefficient (Wildman–Crippen LogP) is 3.12. The van der Waals surface area contributed by atoms with Crippen molar-refractivity contribution in [3.63, 3.8) is 0 Å². The summed E-state index contributed by atoms with van der Waals surface area (Å²) in [6.45, 7) is 1.29. The van der Waals surface area contributed by atoms with Crippen molar-refractivity contribution in [2.75, 3.05) is 6.54 Å². The molecule has 0 atom stereocenters. The molecule has 124 valence electrons. The number of hydrogen-bond acceptors (Lipinski definition) is 5. The third-order valence-electron chi connectivity index (χ3n) is 3.42. The lowest BCUT2D eigenvalue weighted by Crippen LogP contribution is -2.17. The molecule has 0 amide bonds. The lowest BCUT2D eigenvalue weighted by molar-refractivity contribution is 0.258. The number of halogens is 1. The first kappa shape index (κ1) is 16.1. The van der Waals surface area contributed by atoms with Crippen molar-refractivity contribution in [2.24, 2.45) is 0 Å². The van der Waals surface area contributed by atoms with Gasteiger partial charge >= 0.3 is 0 Å². The predicted molar refractivity (Wildman–Crippen MR) is 86.9 cm³/mol. The fourth-order valence-corrected chi connectivity index (χ4v) is 2.20. The Hall–Kier alpha value is -2.73. The van der Waals surface area contributed by atoms with Crippen LogP contribution in [-0.2, 0) is 19.6 Å². The summed E-state index contributed by atoms with van der Waals surface area (Å²) >= 11 is 0. The molecule has 0 aliphatic rings. The third kappa shape index (κ3) is 4.63. The Labute approximate surface area is 139 Å². The zero-order valence-electron chi connectivity index (χ0n) is 13.1. The van der Waals surface area contributed by atoms with Gasteiger partial charge in [-0.15, -0.1) is 10.2 Å². The van der Waals surface area contributed by atoms with Crippen LogP contribution in [0.5, 0.6) is 5.75 Å². The van der Waals surface area contributed by atoms with Crippen LogP contribution in [0.1, 0.15) is 17.3 Å². The molecule has 2 aromatic carbocycles. The summed E-state index contributed by atoms with van der Waals surface area (Å²) in [5.74, 6) is 1.47. The minimum absolute atomic E-state index is 0.183. The first-order chi connectivity index (χ1) is 11.8. The first-order valence-electron chi connectivity index (χ1n) is 7.74. The summed E-state index contributed by atoms with van der Waals surface area (Å²) in [7, 11) is 0. The minimum Gasteiger partial charge on any atom is -0.484 e. The number of para-hydroxylation sites is 1. The van der Waals surface area contributed by atoms with E-state index in [9.17, 15) is 4.39 Å². The highest BCUT2D eigenvalue weighted by Gasteiger charge is 2.07. The number of nitrogens with one attached hydrogen (secondary N) is 1. The maximum Gasteiger partial charge on any atom is 0.253 e. The largest absolute Gasteiger partial charge is 0.484 e. The summed E-state index contributed by atoms with van der Waals surface area (Å²) in [5, 5.41) is 11.1. The summed E-state index contributed by atoms with van der Waals surface area (Å²) in [6.07, 6.45) is 0.602. The Morgan fingerprint density at radius 3 is 2.54 bits per heavy atom. The number of nitrogens with zero attached hydrogens (tertiary/aromatic N) is 2. The molecule has 0 bridgehead atoms. The lowest BCUT2D eigenvalue weighted by Gasteiger charge is -2.03. The van der Waals surface area contributed by atoms with Crippen LogP contribution in [-0.4, -0.2) is 16.7 Å². The summed E-state index contributed by atoms with van der Waals surface area (Å²) in [6, 6.07) is 16.2. The molecule has 1 heterocycles. The van der Waals surface area contributed by atoms with Gasteiger partial charge in [-0.25, -0.2) is 4.39 Å². The number of ether oxygens (including phenoxy) is 1. The highest BCUT2D eigenvalue weighted by Crippen LogP contribution is 2.11. The third-order valence-corrected chi connectivity index (χ3v) is 3.42. The Bertz CT molecular complexity index is 762. The standard InChI is InChI=1S/C18H18FN3O2/c19-16-9-5-4-6-14(16)10-11-20-12-17-21-22-18(24-17)13-23-15-7-2-1-3-8-15/h1-9,20H,10-13H2. The monoisotopic (exact) mass is 327 g/mol. The number of benzene rings is 2. The van der Waals surface area contributed by atoms with Crippen LogP contribution < -0.4 is 10.1 Å². The van der Waals surface area contributed by atoms with E-state index in [1.165, 1.54) is 6.07 Å². The molecule has 1 aromatic heterocycles. The summed E-state index contributed by atoms with van der Waals surface area (Å²) in [5.41, 5.74) is 0.687. The molecule has 0 saturated heterocycles. The van der Waals surface area contributed by atoms with Crippen LogP contribution in [0.4, 0.5) is 4.39 Å². The fraction of sp³-hybridized carbons (Fsp3) is 0.222. The summed E-state index contributed by atoms with van der Waals surface area (Å²) in [4.78, 5) is 0. The smallest absolute Gasteiger partial charge is 0.253 e. The Balaban J connectivity index is 1.40.